The van der Waals surface area contributed by atoms with E-state index in [4.69, 9.17) is 0 Å². The zero-order valence-electron chi connectivity index (χ0n) is 11.1. The van der Waals surface area contributed by atoms with Crippen LogP contribution in [0.1, 0.15) is 66.7 Å². The van der Waals surface area contributed by atoms with Crippen molar-refractivity contribution in [1.29, 1.82) is 0 Å². The average molecular weight is 275 g/mol. The monoisotopic (exact) mass is 274 g/mol. The molecule has 0 spiro atoms. The van der Waals surface area contributed by atoms with E-state index >= 15 is 0 Å². The van der Waals surface area contributed by atoms with Gasteiger partial charge in [-0.2, -0.15) is 0 Å². The van der Waals surface area contributed by atoms with Crippen LogP contribution in [-0.4, -0.2) is 4.83 Å². The minimum atomic E-state index is 0.534. The van der Waals surface area contributed by atoms with Gasteiger partial charge in [0.15, 0.2) is 0 Å². The maximum Gasteiger partial charge on any atom is 0.0174 e. The van der Waals surface area contributed by atoms with E-state index in [9.17, 15) is 0 Å². The molecule has 1 aliphatic rings. The lowest BCUT2D eigenvalue weighted by Crippen LogP contribution is -2.37. The second kappa shape index (κ2) is 4.77. The molecule has 1 fully saturated rings. The van der Waals surface area contributed by atoms with Gasteiger partial charge in [-0.1, -0.05) is 57.0 Å². The molecule has 90 valence electrons. The first-order chi connectivity index (χ1) is 6.76. The maximum atomic E-state index is 3.90. The summed E-state index contributed by atoms with van der Waals surface area (Å²) in [6.45, 7) is 12.0. The van der Waals surface area contributed by atoms with E-state index in [0.29, 0.717) is 10.8 Å². The molecule has 0 aromatic carbocycles. The molecule has 1 aliphatic carbocycles. The van der Waals surface area contributed by atoms with Gasteiger partial charge in [0.25, 0.3) is 0 Å². The summed E-state index contributed by atoms with van der Waals surface area (Å²) in [5.74, 6) is 0.878. The molecule has 0 radical (unpaired) electrons. The molecule has 1 atom stereocenters. The number of hydrogen-bond donors (Lipinski definition) is 0. The quantitative estimate of drug-likeness (QED) is 0.605. The summed E-state index contributed by atoms with van der Waals surface area (Å²) in [6, 6.07) is 0. The van der Waals surface area contributed by atoms with Crippen molar-refractivity contribution < 1.29 is 0 Å². The van der Waals surface area contributed by atoms with Crippen molar-refractivity contribution in [2.75, 3.05) is 0 Å². The second-order valence-corrected chi connectivity index (χ2v) is 8.15. The van der Waals surface area contributed by atoms with Crippen LogP contribution in [0.2, 0.25) is 0 Å². The van der Waals surface area contributed by atoms with Crippen molar-refractivity contribution in [3.63, 3.8) is 0 Å². The molecule has 0 N–H and O–H groups in total. The molecule has 0 aromatic rings. The van der Waals surface area contributed by atoms with Gasteiger partial charge in [0.05, 0.1) is 0 Å². The first kappa shape index (κ1) is 13.5. The Balaban J connectivity index is 2.66. The predicted octanol–water partition coefficient (Wildman–Crippen LogP) is 5.40. The summed E-state index contributed by atoms with van der Waals surface area (Å²) in [4.78, 5) is 0.737. The summed E-state index contributed by atoms with van der Waals surface area (Å²) >= 11 is 3.90. The van der Waals surface area contributed by atoms with Gasteiger partial charge in [-0.25, -0.2) is 0 Å². The highest BCUT2D eigenvalue weighted by atomic mass is 79.9. The number of rotatable bonds is 3. The van der Waals surface area contributed by atoms with Crippen LogP contribution in [0.4, 0.5) is 0 Å². The third-order valence-electron chi connectivity index (χ3n) is 3.66. The van der Waals surface area contributed by atoms with Gasteiger partial charge in [0, 0.05) is 4.83 Å². The van der Waals surface area contributed by atoms with Crippen LogP contribution < -0.4 is 0 Å². The largest absolute Gasteiger partial charge is 0.0888 e. The Morgan fingerprint density at radius 2 is 1.60 bits per heavy atom. The summed E-state index contributed by atoms with van der Waals surface area (Å²) in [5, 5.41) is 0. The molecule has 1 heteroatoms. The van der Waals surface area contributed by atoms with Gasteiger partial charge < -0.3 is 0 Å². The van der Waals surface area contributed by atoms with Crippen LogP contribution in [0, 0.1) is 16.7 Å². The van der Waals surface area contributed by atoms with E-state index in [0.717, 1.165) is 10.7 Å². The molecule has 0 nitrogen and oxygen atoms in total. The molecule has 0 aromatic heterocycles. The van der Waals surface area contributed by atoms with E-state index in [1.807, 2.05) is 0 Å². The number of halogens is 1. The smallest absolute Gasteiger partial charge is 0.0174 e. The summed E-state index contributed by atoms with van der Waals surface area (Å²) < 4.78 is 0. The van der Waals surface area contributed by atoms with Crippen LogP contribution in [0.3, 0.4) is 0 Å². The normalized spacial score (nSPS) is 27.6. The summed E-state index contributed by atoms with van der Waals surface area (Å²) in [7, 11) is 0. The van der Waals surface area contributed by atoms with E-state index in [1.54, 1.807) is 0 Å². The lowest BCUT2D eigenvalue weighted by Gasteiger charge is -2.46. The van der Waals surface area contributed by atoms with Gasteiger partial charge in [-0.05, 0) is 42.4 Å². The van der Waals surface area contributed by atoms with Crippen LogP contribution in [0.25, 0.3) is 0 Å². The SMILES string of the molecule is CCCC(Br)C1CC(C)(C)CC(C)(C)C1. The Morgan fingerprint density at radius 1 is 1.13 bits per heavy atom. The maximum absolute atomic E-state index is 3.90. The van der Waals surface area contributed by atoms with Crippen molar-refractivity contribution in [3.8, 4) is 0 Å². The van der Waals surface area contributed by atoms with Crippen LogP contribution in [0.5, 0.6) is 0 Å². The highest BCUT2D eigenvalue weighted by molar-refractivity contribution is 9.09. The summed E-state index contributed by atoms with van der Waals surface area (Å²) in [5.41, 5.74) is 1.07. The van der Waals surface area contributed by atoms with Crippen molar-refractivity contribution in [2.24, 2.45) is 16.7 Å². The lowest BCUT2D eigenvalue weighted by molar-refractivity contribution is 0.0663. The molecule has 0 saturated heterocycles. The predicted molar refractivity (Wildman–Crippen MR) is 72.5 cm³/mol. The molecule has 15 heavy (non-hydrogen) atoms. The third kappa shape index (κ3) is 4.09. The van der Waals surface area contributed by atoms with Crippen molar-refractivity contribution in [1.82, 2.24) is 0 Å². The number of hydrogen-bond acceptors (Lipinski definition) is 0. The Kier molecular flexibility index (Phi) is 4.31. The van der Waals surface area contributed by atoms with Crippen molar-refractivity contribution >= 4 is 15.9 Å². The Hall–Kier alpha value is 0.480. The van der Waals surface area contributed by atoms with E-state index < -0.39 is 0 Å². The first-order valence-electron chi connectivity index (χ1n) is 6.40. The van der Waals surface area contributed by atoms with Crippen LogP contribution >= 0.6 is 15.9 Å². The van der Waals surface area contributed by atoms with Gasteiger partial charge in [-0.3, -0.25) is 0 Å². The fourth-order valence-electron chi connectivity index (χ4n) is 3.70. The molecule has 1 rings (SSSR count). The van der Waals surface area contributed by atoms with Gasteiger partial charge in [0.1, 0.15) is 0 Å². The lowest BCUT2D eigenvalue weighted by atomic mass is 9.61. The zero-order chi connectivity index (χ0) is 11.7. The Morgan fingerprint density at radius 3 is 2.00 bits per heavy atom. The van der Waals surface area contributed by atoms with Crippen LogP contribution in [0.15, 0.2) is 0 Å². The molecule has 0 bridgehead atoms. The minimum Gasteiger partial charge on any atom is -0.0888 e. The fraction of sp³-hybridized carbons (Fsp3) is 1.00. The Labute approximate surface area is 104 Å². The summed E-state index contributed by atoms with van der Waals surface area (Å²) in [6.07, 6.45) is 6.80. The van der Waals surface area contributed by atoms with Crippen molar-refractivity contribution in [3.05, 3.63) is 0 Å². The minimum absolute atomic E-state index is 0.534. The molecular weight excluding hydrogens is 248 g/mol. The van der Waals surface area contributed by atoms with E-state index in [2.05, 4.69) is 50.5 Å². The first-order valence-corrected chi connectivity index (χ1v) is 7.31. The number of alkyl halides is 1. The van der Waals surface area contributed by atoms with E-state index in [-0.39, 0.29) is 0 Å². The fourth-order valence-corrected chi connectivity index (χ4v) is 4.53. The third-order valence-corrected chi connectivity index (χ3v) is 4.87. The van der Waals surface area contributed by atoms with Crippen molar-refractivity contribution in [2.45, 2.75) is 71.5 Å². The highest BCUT2D eigenvalue weighted by Crippen LogP contribution is 2.50. The van der Waals surface area contributed by atoms with Gasteiger partial charge >= 0.3 is 0 Å². The molecule has 1 saturated carbocycles. The second-order valence-electron chi connectivity index (χ2n) is 6.98. The van der Waals surface area contributed by atoms with Crippen LogP contribution in [-0.2, 0) is 0 Å². The topological polar surface area (TPSA) is 0 Å². The molecule has 0 aliphatic heterocycles. The molecule has 1 unspecified atom stereocenters. The highest BCUT2D eigenvalue weighted by Gasteiger charge is 2.40. The average Bonchev–Trinajstić information content (AvgIpc) is 1.98. The molecule has 0 heterocycles. The zero-order valence-corrected chi connectivity index (χ0v) is 12.7. The van der Waals surface area contributed by atoms with Gasteiger partial charge in [-0.15, -0.1) is 0 Å². The Bertz CT molecular complexity index is 189. The molecule has 0 amide bonds. The molecular formula is C14H27Br. The van der Waals surface area contributed by atoms with E-state index in [1.165, 1.54) is 32.1 Å². The standard InChI is InChI=1S/C14H27Br/c1-6-7-12(15)11-8-13(2,3)10-14(4,5)9-11/h11-12H,6-10H2,1-5H3. The van der Waals surface area contributed by atoms with Gasteiger partial charge in [0.2, 0.25) is 0 Å².